The standard InChI is InChI=1S/C12H21NO3/c1-9(14)10-6-5-7-13(8-10)11(15)16-12(2,3)4/h10,14H,1,5-8H2,2-4H3. The lowest BCUT2D eigenvalue weighted by Crippen LogP contribution is -2.43. The number of rotatable bonds is 1. The number of piperidine rings is 1. The highest BCUT2D eigenvalue weighted by Crippen LogP contribution is 2.22. The summed E-state index contributed by atoms with van der Waals surface area (Å²) in [5.41, 5.74) is -0.472. The van der Waals surface area contributed by atoms with Crippen LogP contribution in [-0.2, 0) is 4.74 Å². The quantitative estimate of drug-likeness (QED) is 0.701. The first-order valence-corrected chi connectivity index (χ1v) is 5.65. The zero-order valence-corrected chi connectivity index (χ0v) is 10.3. The minimum absolute atomic E-state index is 0.0127. The second kappa shape index (κ2) is 4.76. The van der Waals surface area contributed by atoms with Crippen LogP contribution in [0.25, 0.3) is 0 Å². The number of aliphatic hydroxyl groups is 1. The van der Waals surface area contributed by atoms with Crippen molar-refractivity contribution in [2.75, 3.05) is 13.1 Å². The molecule has 92 valence electrons. The van der Waals surface area contributed by atoms with Gasteiger partial charge >= 0.3 is 6.09 Å². The fourth-order valence-corrected chi connectivity index (χ4v) is 1.74. The molecule has 0 radical (unpaired) electrons. The SMILES string of the molecule is C=C(O)C1CCCN(C(=O)OC(C)(C)C)C1. The number of carbonyl (C=O) groups excluding carboxylic acids is 1. The largest absolute Gasteiger partial charge is 0.513 e. The average molecular weight is 227 g/mol. The van der Waals surface area contributed by atoms with E-state index in [0.29, 0.717) is 13.1 Å². The van der Waals surface area contributed by atoms with Crippen LogP contribution in [0.5, 0.6) is 0 Å². The Morgan fingerprint density at radius 3 is 2.62 bits per heavy atom. The van der Waals surface area contributed by atoms with Gasteiger partial charge in [-0.2, -0.15) is 0 Å². The second-order valence-electron chi connectivity index (χ2n) is 5.26. The number of aliphatic hydroxyl groups excluding tert-OH is 1. The van der Waals surface area contributed by atoms with Crippen molar-refractivity contribution in [3.05, 3.63) is 12.3 Å². The van der Waals surface area contributed by atoms with E-state index in [0.717, 1.165) is 12.8 Å². The molecule has 0 aliphatic carbocycles. The van der Waals surface area contributed by atoms with Crippen LogP contribution in [0.1, 0.15) is 33.6 Å². The maximum atomic E-state index is 11.8. The van der Waals surface area contributed by atoms with E-state index in [1.165, 1.54) is 0 Å². The number of carbonyl (C=O) groups is 1. The summed E-state index contributed by atoms with van der Waals surface area (Å²) in [6.07, 6.45) is 1.46. The van der Waals surface area contributed by atoms with Crippen molar-refractivity contribution in [2.45, 2.75) is 39.2 Å². The maximum absolute atomic E-state index is 11.8. The summed E-state index contributed by atoms with van der Waals surface area (Å²) in [7, 11) is 0. The van der Waals surface area contributed by atoms with E-state index in [1.807, 2.05) is 20.8 Å². The Morgan fingerprint density at radius 1 is 1.50 bits per heavy atom. The molecule has 1 fully saturated rings. The highest BCUT2D eigenvalue weighted by Gasteiger charge is 2.28. The van der Waals surface area contributed by atoms with Crippen LogP contribution in [-0.4, -0.2) is 34.8 Å². The van der Waals surface area contributed by atoms with E-state index >= 15 is 0 Å². The molecular formula is C12H21NO3. The van der Waals surface area contributed by atoms with Gasteiger partial charge in [-0.1, -0.05) is 6.58 Å². The molecule has 0 aromatic rings. The topological polar surface area (TPSA) is 49.8 Å². The summed E-state index contributed by atoms with van der Waals surface area (Å²) < 4.78 is 5.28. The minimum atomic E-state index is -0.472. The van der Waals surface area contributed by atoms with E-state index in [1.54, 1.807) is 4.90 Å². The zero-order chi connectivity index (χ0) is 12.3. The molecule has 1 N–H and O–H groups in total. The molecule has 1 saturated heterocycles. The van der Waals surface area contributed by atoms with E-state index < -0.39 is 5.60 Å². The molecule has 0 spiro atoms. The summed E-state index contributed by atoms with van der Waals surface area (Å²) in [5.74, 6) is 0.148. The fourth-order valence-electron chi connectivity index (χ4n) is 1.74. The third-order valence-electron chi connectivity index (χ3n) is 2.54. The van der Waals surface area contributed by atoms with Crippen molar-refractivity contribution in [2.24, 2.45) is 5.92 Å². The second-order valence-corrected chi connectivity index (χ2v) is 5.26. The van der Waals surface area contributed by atoms with Crippen LogP contribution >= 0.6 is 0 Å². The normalized spacial score (nSPS) is 21.7. The highest BCUT2D eigenvalue weighted by atomic mass is 16.6. The molecule has 0 aromatic heterocycles. The smallest absolute Gasteiger partial charge is 0.410 e. The van der Waals surface area contributed by atoms with Crippen LogP contribution in [0.2, 0.25) is 0 Å². The molecule has 1 rings (SSSR count). The van der Waals surface area contributed by atoms with E-state index in [-0.39, 0.29) is 17.8 Å². The van der Waals surface area contributed by atoms with Crippen LogP contribution in [0, 0.1) is 5.92 Å². The van der Waals surface area contributed by atoms with E-state index in [2.05, 4.69) is 6.58 Å². The predicted molar refractivity (Wildman–Crippen MR) is 62.3 cm³/mol. The van der Waals surface area contributed by atoms with Crippen LogP contribution < -0.4 is 0 Å². The summed E-state index contributed by atoms with van der Waals surface area (Å²) in [4.78, 5) is 13.4. The molecule has 1 unspecified atom stereocenters. The molecule has 16 heavy (non-hydrogen) atoms. The molecule has 4 nitrogen and oxygen atoms in total. The number of likely N-dealkylation sites (tertiary alicyclic amines) is 1. The van der Waals surface area contributed by atoms with Crippen molar-refractivity contribution < 1.29 is 14.6 Å². The lowest BCUT2D eigenvalue weighted by molar-refractivity contribution is 0.0166. The fraction of sp³-hybridized carbons (Fsp3) is 0.750. The van der Waals surface area contributed by atoms with E-state index in [9.17, 15) is 9.90 Å². The van der Waals surface area contributed by atoms with Gasteiger partial charge in [0.15, 0.2) is 0 Å². The molecule has 1 heterocycles. The molecule has 0 saturated carbocycles. The summed E-state index contributed by atoms with van der Waals surface area (Å²) >= 11 is 0. The molecule has 0 aromatic carbocycles. The minimum Gasteiger partial charge on any atom is -0.513 e. The van der Waals surface area contributed by atoms with Gasteiger partial charge in [0.2, 0.25) is 0 Å². The number of amides is 1. The predicted octanol–water partition coefficient (Wildman–Crippen LogP) is 2.71. The van der Waals surface area contributed by atoms with Gasteiger partial charge in [-0.25, -0.2) is 4.79 Å². The van der Waals surface area contributed by atoms with Crippen molar-refractivity contribution in [3.8, 4) is 0 Å². The third kappa shape index (κ3) is 3.76. The highest BCUT2D eigenvalue weighted by molar-refractivity contribution is 5.68. The Kier molecular flexibility index (Phi) is 3.83. The molecular weight excluding hydrogens is 206 g/mol. The molecule has 0 bridgehead atoms. The summed E-state index contributed by atoms with van der Waals surface area (Å²) in [5, 5.41) is 9.34. The van der Waals surface area contributed by atoms with Crippen molar-refractivity contribution in [1.29, 1.82) is 0 Å². The summed E-state index contributed by atoms with van der Waals surface area (Å²) in [6, 6.07) is 0. The van der Waals surface area contributed by atoms with Crippen LogP contribution in [0.4, 0.5) is 4.79 Å². The van der Waals surface area contributed by atoms with Crippen molar-refractivity contribution in [3.63, 3.8) is 0 Å². The van der Waals surface area contributed by atoms with Gasteiger partial charge in [-0.15, -0.1) is 0 Å². The van der Waals surface area contributed by atoms with E-state index in [4.69, 9.17) is 4.74 Å². The summed E-state index contributed by atoms with van der Waals surface area (Å²) in [6.45, 7) is 10.3. The lowest BCUT2D eigenvalue weighted by Gasteiger charge is -2.33. The van der Waals surface area contributed by atoms with Crippen LogP contribution in [0.15, 0.2) is 12.3 Å². The van der Waals surface area contributed by atoms with Gasteiger partial charge in [-0.05, 0) is 33.6 Å². The number of nitrogens with zero attached hydrogens (tertiary/aromatic N) is 1. The molecule has 1 amide bonds. The number of hydrogen-bond donors (Lipinski definition) is 1. The Bertz CT molecular complexity index is 280. The first kappa shape index (κ1) is 12.9. The Morgan fingerprint density at radius 2 is 2.12 bits per heavy atom. The van der Waals surface area contributed by atoms with Gasteiger partial charge in [0, 0.05) is 19.0 Å². The molecule has 4 heteroatoms. The molecule has 1 atom stereocenters. The van der Waals surface area contributed by atoms with Gasteiger partial charge in [0.1, 0.15) is 5.60 Å². The zero-order valence-electron chi connectivity index (χ0n) is 10.3. The van der Waals surface area contributed by atoms with Crippen molar-refractivity contribution in [1.82, 2.24) is 4.90 Å². The van der Waals surface area contributed by atoms with Gasteiger partial charge in [-0.3, -0.25) is 0 Å². The first-order valence-electron chi connectivity index (χ1n) is 5.65. The van der Waals surface area contributed by atoms with Gasteiger partial charge in [0.05, 0.1) is 5.76 Å². The number of ether oxygens (including phenoxy) is 1. The van der Waals surface area contributed by atoms with Gasteiger partial charge in [0.25, 0.3) is 0 Å². The van der Waals surface area contributed by atoms with Crippen LogP contribution in [0.3, 0.4) is 0 Å². The third-order valence-corrected chi connectivity index (χ3v) is 2.54. The Labute approximate surface area is 96.9 Å². The molecule has 1 aliphatic heterocycles. The lowest BCUT2D eigenvalue weighted by atomic mass is 9.97. The number of hydrogen-bond acceptors (Lipinski definition) is 3. The Hall–Kier alpha value is -1.19. The van der Waals surface area contributed by atoms with Crippen molar-refractivity contribution >= 4 is 6.09 Å². The van der Waals surface area contributed by atoms with Gasteiger partial charge < -0.3 is 14.7 Å². The maximum Gasteiger partial charge on any atom is 0.410 e. The average Bonchev–Trinajstić information content (AvgIpc) is 2.15. The molecule has 1 aliphatic rings. The Balaban J connectivity index is 2.54. The first-order chi connectivity index (χ1) is 7.29. The monoisotopic (exact) mass is 227 g/mol.